The second-order valence-corrected chi connectivity index (χ2v) is 4.79. The van der Waals surface area contributed by atoms with Crippen LogP contribution in [0.1, 0.15) is 33.1 Å². The van der Waals surface area contributed by atoms with E-state index in [-0.39, 0.29) is 42.7 Å². The first-order valence-corrected chi connectivity index (χ1v) is 6.74. The first kappa shape index (κ1) is 16.1. The molecule has 20 heavy (non-hydrogen) atoms. The van der Waals surface area contributed by atoms with E-state index in [1.54, 1.807) is 12.1 Å². The van der Waals surface area contributed by atoms with Gasteiger partial charge in [0.15, 0.2) is 5.78 Å². The van der Waals surface area contributed by atoms with Crippen molar-refractivity contribution < 1.29 is 19.1 Å². The Hall–Kier alpha value is -1.97. The van der Waals surface area contributed by atoms with Crippen molar-refractivity contribution in [3.63, 3.8) is 0 Å². The summed E-state index contributed by atoms with van der Waals surface area (Å²) in [6.45, 7) is 3.18. The molecule has 1 unspecified atom stereocenters. The Morgan fingerprint density at radius 3 is 2.35 bits per heavy atom. The van der Waals surface area contributed by atoms with E-state index >= 15 is 0 Å². The summed E-state index contributed by atoms with van der Waals surface area (Å²) in [5.41, 5.74) is 0. The molecule has 1 rings (SSSR count). The van der Waals surface area contributed by atoms with Gasteiger partial charge in [-0.2, -0.15) is 0 Å². The summed E-state index contributed by atoms with van der Waals surface area (Å²) in [5, 5.41) is 0. The minimum atomic E-state index is -0.354. The minimum absolute atomic E-state index is 0.0295. The SMILES string of the molecule is CCC(CC(C)=O)C(=O)CC(=O)COc1ccccc1. The Morgan fingerprint density at radius 2 is 1.80 bits per heavy atom. The van der Waals surface area contributed by atoms with E-state index in [1.807, 2.05) is 25.1 Å². The van der Waals surface area contributed by atoms with Gasteiger partial charge in [0.25, 0.3) is 0 Å². The Bertz CT molecular complexity index is 465. The van der Waals surface area contributed by atoms with Crippen LogP contribution in [-0.2, 0) is 14.4 Å². The maximum absolute atomic E-state index is 11.9. The molecule has 108 valence electrons. The summed E-state index contributed by atoms with van der Waals surface area (Å²) in [6.07, 6.45) is 0.617. The maximum atomic E-state index is 11.9. The van der Waals surface area contributed by atoms with Crippen LogP contribution < -0.4 is 4.74 Å². The molecule has 0 spiro atoms. The molecule has 0 aliphatic rings. The van der Waals surface area contributed by atoms with Gasteiger partial charge >= 0.3 is 0 Å². The zero-order valence-corrected chi connectivity index (χ0v) is 11.9. The third kappa shape index (κ3) is 5.78. The van der Waals surface area contributed by atoms with E-state index in [1.165, 1.54) is 6.92 Å². The zero-order chi connectivity index (χ0) is 15.0. The molecule has 4 heteroatoms. The molecule has 0 radical (unpaired) electrons. The van der Waals surface area contributed by atoms with E-state index in [2.05, 4.69) is 0 Å². The van der Waals surface area contributed by atoms with Crippen LogP contribution in [0.5, 0.6) is 5.75 Å². The van der Waals surface area contributed by atoms with Crippen molar-refractivity contribution in [2.75, 3.05) is 6.61 Å². The quantitative estimate of drug-likeness (QED) is 0.650. The predicted molar refractivity (Wildman–Crippen MR) is 75.6 cm³/mol. The van der Waals surface area contributed by atoms with Crippen LogP contribution in [0.25, 0.3) is 0 Å². The number of hydrogen-bond acceptors (Lipinski definition) is 4. The smallest absolute Gasteiger partial charge is 0.177 e. The fourth-order valence-corrected chi connectivity index (χ4v) is 1.90. The first-order valence-electron chi connectivity index (χ1n) is 6.74. The van der Waals surface area contributed by atoms with Crippen LogP contribution in [0.2, 0.25) is 0 Å². The molecule has 0 aromatic heterocycles. The van der Waals surface area contributed by atoms with Gasteiger partial charge in [-0.05, 0) is 25.5 Å². The van der Waals surface area contributed by atoms with Gasteiger partial charge in [0.05, 0.1) is 6.42 Å². The van der Waals surface area contributed by atoms with E-state index in [9.17, 15) is 14.4 Å². The van der Waals surface area contributed by atoms with Gasteiger partial charge in [-0.15, -0.1) is 0 Å². The normalized spacial score (nSPS) is 11.7. The van der Waals surface area contributed by atoms with E-state index in [4.69, 9.17) is 4.74 Å². The number of benzene rings is 1. The summed E-state index contributed by atoms with van der Waals surface area (Å²) in [7, 11) is 0. The molecule has 0 saturated heterocycles. The summed E-state index contributed by atoms with van der Waals surface area (Å²) >= 11 is 0. The lowest BCUT2D eigenvalue weighted by atomic mass is 9.92. The largest absolute Gasteiger partial charge is 0.486 e. The van der Waals surface area contributed by atoms with Crippen LogP contribution in [0, 0.1) is 5.92 Å². The van der Waals surface area contributed by atoms with E-state index in [0.717, 1.165) is 0 Å². The van der Waals surface area contributed by atoms with Gasteiger partial charge in [-0.1, -0.05) is 25.1 Å². The van der Waals surface area contributed by atoms with Gasteiger partial charge in [0, 0.05) is 12.3 Å². The number of ether oxygens (including phenoxy) is 1. The number of carbonyl (C=O) groups excluding carboxylic acids is 3. The number of hydrogen-bond donors (Lipinski definition) is 0. The second kappa shape index (κ2) is 8.25. The van der Waals surface area contributed by atoms with Crippen LogP contribution in [0.3, 0.4) is 0 Å². The molecule has 0 saturated carbocycles. The first-order chi connectivity index (χ1) is 9.52. The van der Waals surface area contributed by atoms with Gasteiger partial charge in [0.2, 0.25) is 0 Å². The highest BCUT2D eigenvalue weighted by atomic mass is 16.5. The lowest BCUT2D eigenvalue weighted by Crippen LogP contribution is -2.22. The van der Waals surface area contributed by atoms with Crippen molar-refractivity contribution in [1.82, 2.24) is 0 Å². The second-order valence-electron chi connectivity index (χ2n) is 4.79. The van der Waals surface area contributed by atoms with Crippen molar-refractivity contribution in [3.8, 4) is 5.75 Å². The molecule has 0 heterocycles. The van der Waals surface area contributed by atoms with E-state index in [0.29, 0.717) is 12.2 Å². The molecule has 1 aromatic rings. The van der Waals surface area contributed by atoms with Crippen LogP contribution in [0.4, 0.5) is 0 Å². The molecule has 0 aliphatic carbocycles. The van der Waals surface area contributed by atoms with Crippen molar-refractivity contribution in [1.29, 1.82) is 0 Å². The molecule has 0 fully saturated rings. The molecular formula is C16H20O4. The summed E-state index contributed by atoms with van der Waals surface area (Å²) in [5.74, 6) is -0.222. The Balaban J connectivity index is 2.41. The third-order valence-electron chi connectivity index (χ3n) is 3.00. The van der Waals surface area contributed by atoms with Gasteiger partial charge in [-0.25, -0.2) is 0 Å². The van der Waals surface area contributed by atoms with Crippen LogP contribution >= 0.6 is 0 Å². The maximum Gasteiger partial charge on any atom is 0.177 e. The van der Waals surface area contributed by atoms with Crippen molar-refractivity contribution >= 4 is 17.3 Å². The fourth-order valence-electron chi connectivity index (χ4n) is 1.90. The monoisotopic (exact) mass is 276 g/mol. The minimum Gasteiger partial charge on any atom is -0.486 e. The summed E-state index contributed by atoms with van der Waals surface area (Å²) in [6, 6.07) is 8.97. The Kier molecular flexibility index (Phi) is 6.64. The molecule has 1 atom stereocenters. The van der Waals surface area contributed by atoms with Gasteiger partial charge < -0.3 is 9.53 Å². The fraction of sp³-hybridized carbons (Fsp3) is 0.438. The Morgan fingerprint density at radius 1 is 1.15 bits per heavy atom. The number of rotatable bonds is 9. The van der Waals surface area contributed by atoms with Crippen molar-refractivity contribution in [2.45, 2.75) is 33.1 Å². The number of para-hydroxylation sites is 1. The molecule has 0 aliphatic heterocycles. The molecule has 0 bridgehead atoms. The molecule has 4 nitrogen and oxygen atoms in total. The molecular weight excluding hydrogens is 256 g/mol. The van der Waals surface area contributed by atoms with Crippen molar-refractivity contribution in [3.05, 3.63) is 30.3 Å². The molecule has 0 N–H and O–H groups in total. The number of carbonyl (C=O) groups is 3. The van der Waals surface area contributed by atoms with Crippen LogP contribution in [0.15, 0.2) is 30.3 Å². The number of Topliss-reactive ketones (excluding diaryl/α,β-unsaturated/α-hetero) is 3. The lowest BCUT2D eigenvalue weighted by molar-refractivity contribution is -0.132. The Labute approximate surface area is 119 Å². The van der Waals surface area contributed by atoms with Gasteiger partial charge in [0.1, 0.15) is 23.9 Å². The summed E-state index contributed by atoms with van der Waals surface area (Å²) in [4.78, 5) is 34.7. The highest BCUT2D eigenvalue weighted by Gasteiger charge is 2.21. The van der Waals surface area contributed by atoms with E-state index < -0.39 is 0 Å². The molecule has 0 amide bonds. The highest BCUT2D eigenvalue weighted by Crippen LogP contribution is 2.13. The molecule has 1 aromatic carbocycles. The third-order valence-corrected chi connectivity index (χ3v) is 3.00. The topological polar surface area (TPSA) is 60.4 Å². The average Bonchev–Trinajstić information content (AvgIpc) is 2.43. The van der Waals surface area contributed by atoms with Gasteiger partial charge in [-0.3, -0.25) is 9.59 Å². The average molecular weight is 276 g/mol. The highest BCUT2D eigenvalue weighted by molar-refractivity contribution is 6.01. The van der Waals surface area contributed by atoms with Crippen LogP contribution in [-0.4, -0.2) is 24.0 Å². The predicted octanol–water partition coefficient (Wildman–Crippen LogP) is 2.60. The summed E-state index contributed by atoms with van der Waals surface area (Å²) < 4.78 is 5.29. The lowest BCUT2D eigenvalue weighted by Gasteiger charge is -2.11. The zero-order valence-electron chi connectivity index (χ0n) is 11.9. The standard InChI is InChI=1S/C16H20O4/c1-3-13(9-12(2)17)16(19)10-14(18)11-20-15-7-5-4-6-8-15/h4-8,13H,3,9-11H2,1-2H3. The number of ketones is 3. The van der Waals surface area contributed by atoms with Crippen molar-refractivity contribution in [2.24, 2.45) is 5.92 Å².